The van der Waals surface area contributed by atoms with Gasteiger partial charge in [-0.2, -0.15) is 0 Å². The van der Waals surface area contributed by atoms with Crippen molar-refractivity contribution in [2.45, 2.75) is 12.3 Å². The van der Waals surface area contributed by atoms with Crippen LogP contribution in [0.4, 0.5) is 4.79 Å². The monoisotopic (exact) mass is 469 g/mol. The van der Waals surface area contributed by atoms with Gasteiger partial charge in [0, 0.05) is 20.6 Å². The largest absolute Gasteiger partial charge is 0.367 e. The highest BCUT2D eigenvalue weighted by molar-refractivity contribution is 6.68. The zero-order valence-electron chi connectivity index (χ0n) is 19.2. The van der Waals surface area contributed by atoms with Crippen LogP contribution in [-0.4, -0.2) is 85.2 Å². The first-order chi connectivity index (χ1) is 15.8. The molecule has 4 rings (SSSR count). The van der Waals surface area contributed by atoms with Crippen molar-refractivity contribution in [3.8, 4) is 0 Å². The van der Waals surface area contributed by atoms with E-state index in [4.69, 9.17) is 16.3 Å². The number of hydrogen-bond acceptors (Lipinski definition) is 6. The van der Waals surface area contributed by atoms with E-state index in [2.05, 4.69) is 77.5 Å². The molecule has 2 aliphatic heterocycles. The molecular weight excluding hydrogens is 442 g/mol. The molecule has 3 amide bonds. The van der Waals surface area contributed by atoms with Crippen molar-refractivity contribution < 1.29 is 14.3 Å². The summed E-state index contributed by atoms with van der Waals surface area (Å²) in [5.74, 6) is -0.447. The van der Waals surface area contributed by atoms with E-state index in [0.29, 0.717) is 0 Å². The van der Waals surface area contributed by atoms with E-state index in [1.807, 2.05) is 12.1 Å². The number of amidine groups is 1. The van der Waals surface area contributed by atoms with Gasteiger partial charge in [-0.25, -0.2) is 14.8 Å². The first-order valence-electron chi connectivity index (χ1n) is 10.5. The highest BCUT2D eigenvalue weighted by Crippen LogP contribution is 2.25. The fourth-order valence-corrected chi connectivity index (χ4v) is 3.55. The minimum atomic E-state index is -0.654. The van der Waals surface area contributed by atoms with Gasteiger partial charge in [-0.15, -0.1) is 0 Å². The maximum atomic E-state index is 11.5. The summed E-state index contributed by atoms with van der Waals surface area (Å²) in [7, 11) is 7.06. The molecule has 33 heavy (non-hydrogen) atoms. The number of fused-ring (bicyclic) bond motifs is 1. The molecule has 8 nitrogen and oxygen atoms in total. The van der Waals surface area contributed by atoms with Gasteiger partial charge in [-0.3, -0.25) is 14.6 Å². The summed E-state index contributed by atoms with van der Waals surface area (Å²) in [5.41, 5.74) is 2.60. The molecule has 0 spiro atoms. The van der Waals surface area contributed by atoms with E-state index in [-0.39, 0.29) is 17.1 Å². The second-order valence-corrected chi connectivity index (χ2v) is 8.24. The average Bonchev–Trinajstić information content (AvgIpc) is 3.22. The molecule has 0 aromatic heterocycles. The summed E-state index contributed by atoms with van der Waals surface area (Å²) >= 11 is 5.57. The van der Waals surface area contributed by atoms with Crippen molar-refractivity contribution in [3.63, 3.8) is 0 Å². The van der Waals surface area contributed by atoms with Gasteiger partial charge in [-0.1, -0.05) is 60.7 Å². The number of carbonyl (C=O) groups excluding carboxylic acids is 2. The Balaban J connectivity index is 0.000000194. The second-order valence-electron chi connectivity index (χ2n) is 7.90. The van der Waals surface area contributed by atoms with Crippen molar-refractivity contribution in [3.05, 3.63) is 71.8 Å². The zero-order valence-corrected chi connectivity index (χ0v) is 19.9. The van der Waals surface area contributed by atoms with E-state index in [1.54, 1.807) is 7.05 Å². The van der Waals surface area contributed by atoms with Crippen LogP contribution in [0.2, 0.25) is 0 Å². The minimum absolute atomic E-state index is 0.00769. The summed E-state index contributed by atoms with van der Waals surface area (Å²) in [4.78, 5) is 35.0. The number of likely N-dealkylation sites (N-methyl/N-ethyl adjacent to an activating group) is 1. The quantitative estimate of drug-likeness (QED) is 0.608. The van der Waals surface area contributed by atoms with E-state index in [0.717, 1.165) is 18.1 Å². The maximum Gasteiger partial charge on any atom is 0.328 e. The third-order valence-corrected chi connectivity index (χ3v) is 5.38. The van der Waals surface area contributed by atoms with Crippen LogP contribution in [0.25, 0.3) is 0 Å². The van der Waals surface area contributed by atoms with Crippen LogP contribution in [0.1, 0.15) is 17.2 Å². The van der Waals surface area contributed by atoms with Crippen LogP contribution < -0.4 is 0 Å². The van der Waals surface area contributed by atoms with Gasteiger partial charge >= 0.3 is 6.03 Å². The number of nitrogens with zero attached hydrogens (tertiary/aromatic N) is 5. The van der Waals surface area contributed by atoms with Crippen LogP contribution >= 0.6 is 11.6 Å². The number of urea groups is 1. The molecule has 0 bridgehead atoms. The number of ether oxygens (including phenoxy) is 1. The molecule has 0 aliphatic carbocycles. The number of amides is 3. The van der Waals surface area contributed by atoms with E-state index >= 15 is 0 Å². The van der Waals surface area contributed by atoms with Crippen molar-refractivity contribution in [2.24, 2.45) is 9.98 Å². The Morgan fingerprint density at radius 2 is 1.55 bits per heavy atom. The lowest BCUT2D eigenvalue weighted by molar-refractivity contribution is -0.122. The molecule has 174 valence electrons. The maximum absolute atomic E-state index is 11.5. The normalized spacial score (nSPS) is 17.6. The van der Waals surface area contributed by atoms with Crippen molar-refractivity contribution in [2.75, 3.05) is 41.3 Å². The molecule has 2 aromatic carbocycles. The molecule has 1 saturated heterocycles. The SMILES string of the molecule is CN(C)CCOC(c1ccccc1)c1ccccc1.CN1C(=O)C2=NC(Cl)=NC2N(C)C1=O. The topological polar surface area (TPSA) is 77.8 Å². The Labute approximate surface area is 199 Å². The van der Waals surface area contributed by atoms with E-state index < -0.39 is 18.1 Å². The molecule has 1 atom stereocenters. The van der Waals surface area contributed by atoms with E-state index in [1.165, 1.54) is 23.1 Å². The molecule has 1 unspecified atom stereocenters. The molecular formula is C24H28ClN5O3. The Hall–Kier alpha value is -3.07. The summed E-state index contributed by atoms with van der Waals surface area (Å²) in [6.07, 6.45) is -0.638. The van der Waals surface area contributed by atoms with Crippen molar-refractivity contribution in [1.82, 2.24) is 14.7 Å². The van der Waals surface area contributed by atoms with Crippen LogP contribution in [-0.2, 0) is 9.53 Å². The lowest BCUT2D eigenvalue weighted by atomic mass is 10.0. The number of aliphatic imine (C=N–C) groups is 2. The second kappa shape index (κ2) is 11.2. The van der Waals surface area contributed by atoms with Crippen LogP contribution in [0.5, 0.6) is 0 Å². The first-order valence-corrected chi connectivity index (χ1v) is 10.9. The fourth-order valence-electron chi connectivity index (χ4n) is 3.37. The molecule has 0 radical (unpaired) electrons. The summed E-state index contributed by atoms with van der Waals surface area (Å²) in [5, 5.41) is 0.00769. The highest BCUT2D eigenvalue weighted by Gasteiger charge is 2.42. The highest BCUT2D eigenvalue weighted by atomic mass is 35.5. The summed E-state index contributed by atoms with van der Waals surface area (Å²) in [6.45, 7) is 1.65. The van der Waals surface area contributed by atoms with Gasteiger partial charge in [0.15, 0.2) is 11.9 Å². The van der Waals surface area contributed by atoms with Gasteiger partial charge in [0.05, 0.1) is 6.61 Å². The smallest absolute Gasteiger partial charge is 0.328 e. The van der Waals surface area contributed by atoms with Gasteiger partial charge in [-0.05, 0) is 36.8 Å². The predicted molar refractivity (Wildman–Crippen MR) is 130 cm³/mol. The molecule has 0 saturated carbocycles. The van der Waals surface area contributed by atoms with Crippen LogP contribution in [0.3, 0.4) is 0 Å². The van der Waals surface area contributed by atoms with Crippen molar-refractivity contribution in [1.29, 1.82) is 0 Å². The van der Waals surface area contributed by atoms with Gasteiger partial charge in [0.1, 0.15) is 6.10 Å². The van der Waals surface area contributed by atoms with Gasteiger partial charge in [0.2, 0.25) is 5.29 Å². The minimum Gasteiger partial charge on any atom is -0.367 e. The van der Waals surface area contributed by atoms with Gasteiger partial charge < -0.3 is 9.64 Å². The Morgan fingerprint density at radius 3 is 2.06 bits per heavy atom. The Kier molecular flexibility index (Phi) is 8.32. The number of benzene rings is 2. The third-order valence-electron chi connectivity index (χ3n) is 5.19. The molecule has 1 fully saturated rings. The zero-order chi connectivity index (χ0) is 24.0. The molecule has 2 aromatic rings. The molecule has 2 heterocycles. The van der Waals surface area contributed by atoms with Crippen LogP contribution in [0.15, 0.2) is 70.6 Å². The number of hydrogen-bond donors (Lipinski definition) is 0. The number of imide groups is 1. The summed E-state index contributed by atoms with van der Waals surface area (Å²) in [6, 6.07) is 20.4. The van der Waals surface area contributed by atoms with E-state index in [9.17, 15) is 9.59 Å². The summed E-state index contributed by atoms with van der Waals surface area (Å²) < 4.78 is 6.08. The number of halogens is 1. The average molecular weight is 470 g/mol. The first kappa shape index (κ1) is 24.6. The molecule has 9 heteroatoms. The predicted octanol–water partition coefficient (Wildman–Crippen LogP) is 3.24. The number of carbonyl (C=O) groups is 2. The number of rotatable bonds is 6. The fraction of sp³-hybridized carbons (Fsp3) is 0.333. The molecule has 2 aliphatic rings. The molecule has 0 N–H and O–H groups in total. The lowest BCUT2D eigenvalue weighted by Crippen LogP contribution is -2.58. The standard InChI is InChI=1S/C17H21NO.C7H7ClN4O2/c1-18(2)13-14-19-17(15-9-5-3-6-10-15)16-11-7-4-8-12-16;1-11-4-3(9-6(8)10-4)5(13)12(2)7(11)14/h3-12,17H,13-14H2,1-2H3;4H,1-2H3. The van der Waals surface area contributed by atoms with Crippen LogP contribution in [0, 0.1) is 0 Å². The Bertz CT molecular complexity index is 987. The van der Waals surface area contributed by atoms with Crippen molar-refractivity contribution >= 4 is 34.5 Å². The lowest BCUT2D eigenvalue weighted by Gasteiger charge is -2.32. The Morgan fingerprint density at radius 1 is 1.00 bits per heavy atom. The third kappa shape index (κ3) is 6.04. The van der Waals surface area contributed by atoms with Gasteiger partial charge in [0.25, 0.3) is 5.91 Å².